The summed E-state index contributed by atoms with van der Waals surface area (Å²) < 4.78 is 0. The van der Waals surface area contributed by atoms with Crippen LogP contribution in [0.1, 0.15) is 12.5 Å². The van der Waals surface area contributed by atoms with Gasteiger partial charge in [-0.3, -0.25) is 15.1 Å². The van der Waals surface area contributed by atoms with E-state index in [0.29, 0.717) is 5.82 Å². The molecule has 6 heteroatoms. The van der Waals surface area contributed by atoms with Crippen molar-refractivity contribution in [2.24, 2.45) is 4.99 Å². The highest BCUT2D eigenvalue weighted by molar-refractivity contribution is 5.77. The van der Waals surface area contributed by atoms with E-state index in [4.69, 9.17) is 0 Å². The Morgan fingerprint density at radius 3 is 2.95 bits per heavy atom. The van der Waals surface area contributed by atoms with Gasteiger partial charge in [-0.2, -0.15) is 5.10 Å². The van der Waals surface area contributed by atoms with Crippen LogP contribution in [0.2, 0.25) is 0 Å². The molecule has 6 nitrogen and oxygen atoms in total. The van der Waals surface area contributed by atoms with Gasteiger partial charge in [-0.15, -0.1) is 0 Å². The molecule has 3 heterocycles. The summed E-state index contributed by atoms with van der Waals surface area (Å²) in [5.74, 6) is 0.600. The van der Waals surface area contributed by atoms with Crippen LogP contribution in [0.3, 0.4) is 0 Å². The fourth-order valence-corrected chi connectivity index (χ4v) is 1.88. The van der Waals surface area contributed by atoms with Crippen LogP contribution in [0.15, 0.2) is 35.8 Å². The Morgan fingerprint density at radius 2 is 2.26 bits per heavy atom. The van der Waals surface area contributed by atoms with Gasteiger partial charge in [0, 0.05) is 30.7 Å². The molecule has 1 aliphatic heterocycles. The zero-order chi connectivity index (χ0) is 13.1. The molecular weight excluding hydrogens is 240 g/mol. The second-order valence-electron chi connectivity index (χ2n) is 4.17. The monoisotopic (exact) mass is 254 g/mol. The molecule has 0 spiro atoms. The molecule has 0 saturated heterocycles. The highest BCUT2D eigenvalue weighted by atomic mass is 15.2. The third-order valence-electron chi connectivity index (χ3n) is 2.96. The molecule has 3 rings (SSSR count). The second-order valence-corrected chi connectivity index (χ2v) is 4.17. The van der Waals surface area contributed by atoms with Gasteiger partial charge in [0.15, 0.2) is 5.82 Å². The quantitative estimate of drug-likeness (QED) is 0.902. The van der Waals surface area contributed by atoms with Crippen molar-refractivity contribution in [2.75, 3.05) is 13.1 Å². The summed E-state index contributed by atoms with van der Waals surface area (Å²) in [5, 5.41) is 6.68. The lowest BCUT2D eigenvalue weighted by Gasteiger charge is -2.20. The average molecular weight is 254 g/mol. The van der Waals surface area contributed by atoms with Crippen molar-refractivity contribution in [1.82, 2.24) is 25.1 Å². The van der Waals surface area contributed by atoms with Crippen LogP contribution in [-0.4, -0.2) is 44.4 Å². The number of pyridine rings is 1. The first-order chi connectivity index (χ1) is 9.36. The smallest absolute Gasteiger partial charge is 0.199 e. The predicted molar refractivity (Wildman–Crippen MR) is 73.3 cm³/mol. The van der Waals surface area contributed by atoms with E-state index in [1.165, 1.54) is 6.33 Å². The van der Waals surface area contributed by atoms with E-state index in [9.17, 15) is 0 Å². The molecule has 0 aliphatic carbocycles. The molecule has 0 atom stereocenters. The first-order valence-corrected chi connectivity index (χ1v) is 6.18. The SMILES string of the molecule is CCN1C=C(c2ccc(-c3nc[nH]n3)nc2)N=CC1. The number of hydrogen-bond donors (Lipinski definition) is 1. The van der Waals surface area contributed by atoms with E-state index >= 15 is 0 Å². The van der Waals surface area contributed by atoms with Crippen LogP contribution in [0.4, 0.5) is 0 Å². The molecule has 2 aromatic rings. The Bertz CT molecular complexity index is 597. The van der Waals surface area contributed by atoms with Crippen molar-refractivity contribution in [3.05, 3.63) is 36.4 Å². The molecule has 0 unspecified atom stereocenters. The third kappa shape index (κ3) is 2.37. The number of H-pyrrole nitrogens is 1. The molecule has 0 amide bonds. The zero-order valence-electron chi connectivity index (χ0n) is 10.6. The van der Waals surface area contributed by atoms with Crippen molar-refractivity contribution in [1.29, 1.82) is 0 Å². The fraction of sp³-hybridized carbons (Fsp3) is 0.231. The first-order valence-electron chi connectivity index (χ1n) is 6.18. The van der Waals surface area contributed by atoms with Gasteiger partial charge < -0.3 is 4.90 Å². The molecule has 19 heavy (non-hydrogen) atoms. The standard InChI is InChI=1S/C13H14N6/c1-2-19-6-5-14-12(8-19)10-3-4-11(15-7-10)13-16-9-17-18-13/h3-5,7-9H,2,6H2,1H3,(H,16,17,18). The van der Waals surface area contributed by atoms with Crippen LogP contribution in [0, 0.1) is 0 Å². The maximum Gasteiger partial charge on any atom is 0.199 e. The van der Waals surface area contributed by atoms with Crippen molar-refractivity contribution in [2.45, 2.75) is 6.92 Å². The third-order valence-corrected chi connectivity index (χ3v) is 2.96. The van der Waals surface area contributed by atoms with Crippen LogP contribution < -0.4 is 0 Å². The largest absolute Gasteiger partial charge is 0.371 e. The van der Waals surface area contributed by atoms with Crippen LogP contribution >= 0.6 is 0 Å². The van der Waals surface area contributed by atoms with Crippen LogP contribution in [0.25, 0.3) is 17.2 Å². The fourth-order valence-electron chi connectivity index (χ4n) is 1.88. The molecule has 0 bridgehead atoms. The molecule has 1 N–H and O–H groups in total. The van der Waals surface area contributed by atoms with E-state index in [2.05, 4.69) is 43.2 Å². The number of nitrogens with one attached hydrogen (secondary N) is 1. The van der Waals surface area contributed by atoms with Gasteiger partial charge in [0.05, 0.1) is 12.2 Å². The lowest BCUT2D eigenvalue weighted by molar-refractivity contribution is 0.452. The molecule has 0 aromatic carbocycles. The molecule has 0 fully saturated rings. The molecule has 0 radical (unpaired) electrons. The summed E-state index contributed by atoms with van der Waals surface area (Å²) in [6.07, 6.45) is 7.32. The Balaban J connectivity index is 1.87. The summed E-state index contributed by atoms with van der Waals surface area (Å²) in [4.78, 5) is 15.0. The molecule has 2 aromatic heterocycles. The first kappa shape index (κ1) is 11.6. The zero-order valence-corrected chi connectivity index (χ0v) is 10.6. The van der Waals surface area contributed by atoms with E-state index in [1.807, 2.05) is 18.3 Å². The van der Waals surface area contributed by atoms with E-state index < -0.39 is 0 Å². The lowest BCUT2D eigenvalue weighted by Crippen LogP contribution is -2.21. The van der Waals surface area contributed by atoms with Crippen molar-refractivity contribution >= 4 is 11.9 Å². The summed E-state index contributed by atoms with van der Waals surface area (Å²) in [5.41, 5.74) is 2.67. The minimum atomic E-state index is 0.600. The molecule has 1 aliphatic rings. The van der Waals surface area contributed by atoms with Gasteiger partial charge >= 0.3 is 0 Å². The van der Waals surface area contributed by atoms with Crippen LogP contribution in [-0.2, 0) is 0 Å². The predicted octanol–water partition coefficient (Wildman–Crippen LogP) is 1.57. The van der Waals surface area contributed by atoms with E-state index in [0.717, 1.165) is 30.0 Å². The highest BCUT2D eigenvalue weighted by Crippen LogP contribution is 2.20. The van der Waals surface area contributed by atoms with Gasteiger partial charge in [0.2, 0.25) is 0 Å². The highest BCUT2D eigenvalue weighted by Gasteiger charge is 2.09. The summed E-state index contributed by atoms with van der Waals surface area (Å²) in [6, 6.07) is 3.89. The molecule has 96 valence electrons. The number of rotatable bonds is 3. The Morgan fingerprint density at radius 1 is 1.32 bits per heavy atom. The second kappa shape index (κ2) is 5.01. The van der Waals surface area contributed by atoms with Gasteiger partial charge in [0.25, 0.3) is 0 Å². The van der Waals surface area contributed by atoms with Gasteiger partial charge in [0.1, 0.15) is 12.0 Å². The van der Waals surface area contributed by atoms with Gasteiger partial charge in [-0.05, 0) is 19.1 Å². The average Bonchev–Trinajstić information content (AvgIpc) is 3.02. The summed E-state index contributed by atoms with van der Waals surface area (Å²) >= 11 is 0. The van der Waals surface area contributed by atoms with E-state index in [1.54, 1.807) is 6.20 Å². The summed E-state index contributed by atoms with van der Waals surface area (Å²) in [6.45, 7) is 3.96. The number of aromatic amines is 1. The van der Waals surface area contributed by atoms with Crippen molar-refractivity contribution in [3.8, 4) is 11.5 Å². The Labute approximate surface area is 110 Å². The van der Waals surface area contributed by atoms with E-state index in [-0.39, 0.29) is 0 Å². The maximum atomic E-state index is 4.41. The van der Waals surface area contributed by atoms with Gasteiger partial charge in [-0.25, -0.2) is 4.98 Å². The van der Waals surface area contributed by atoms with Crippen molar-refractivity contribution in [3.63, 3.8) is 0 Å². The number of aromatic nitrogens is 4. The number of hydrogen-bond acceptors (Lipinski definition) is 5. The normalized spacial score (nSPS) is 14.6. The Hall–Kier alpha value is -2.50. The van der Waals surface area contributed by atoms with Gasteiger partial charge in [-0.1, -0.05) is 0 Å². The topological polar surface area (TPSA) is 70.1 Å². The maximum absolute atomic E-state index is 4.41. The molecule has 0 saturated carbocycles. The Kier molecular flexibility index (Phi) is 3.06. The van der Waals surface area contributed by atoms with Crippen molar-refractivity contribution < 1.29 is 0 Å². The minimum absolute atomic E-state index is 0.600. The number of nitrogens with zero attached hydrogens (tertiary/aromatic N) is 5. The lowest BCUT2D eigenvalue weighted by atomic mass is 10.2. The minimum Gasteiger partial charge on any atom is -0.371 e. The number of aliphatic imine (C=N–C) groups is 1. The summed E-state index contributed by atoms with van der Waals surface area (Å²) in [7, 11) is 0. The molecular formula is C13H14N6. The van der Waals surface area contributed by atoms with Crippen LogP contribution in [0.5, 0.6) is 0 Å².